The Labute approximate surface area is 224 Å². The smallest absolute Gasteiger partial charge is 0.231 e. The van der Waals surface area contributed by atoms with Crippen LogP contribution in [0.1, 0.15) is 38.2 Å². The van der Waals surface area contributed by atoms with Gasteiger partial charge in [0.2, 0.25) is 15.7 Å². The topological polar surface area (TPSA) is 114 Å². The Bertz CT molecular complexity index is 1360. The van der Waals surface area contributed by atoms with Crippen molar-refractivity contribution in [3.05, 3.63) is 96.7 Å². The molecule has 4 rings (SSSR count). The molecule has 2 heterocycles. The van der Waals surface area contributed by atoms with E-state index in [0.29, 0.717) is 12.8 Å². The monoisotopic (exact) mass is 533 g/mol. The molecular formula is C30H35N3O4S. The molecule has 3 aromatic rings. The molecule has 4 atom stereocenters. The Balaban J connectivity index is 1.80. The summed E-state index contributed by atoms with van der Waals surface area (Å²) in [6.07, 6.45) is 4.16. The van der Waals surface area contributed by atoms with Crippen LogP contribution in [0.4, 0.5) is 0 Å². The van der Waals surface area contributed by atoms with Crippen LogP contribution in [0.5, 0.6) is 0 Å². The highest BCUT2D eigenvalue weighted by Gasteiger charge is 2.45. The Morgan fingerprint density at radius 1 is 1.05 bits per heavy atom. The molecule has 0 saturated carbocycles. The highest BCUT2D eigenvalue weighted by Crippen LogP contribution is 2.33. The van der Waals surface area contributed by atoms with Crippen molar-refractivity contribution in [2.75, 3.05) is 6.54 Å². The van der Waals surface area contributed by atoms with Crippen LogP contribution in [0.25, 0.3) is 11.1 Å². The van der Waals surface area contributed by atoms with Crippen LogP contribution in [0.3, 0.4) is 0 Å². The number of sulfone groups is 1. The summed E-state index contributed by atoms with van der Waals surface area (Å²) in [5, 5.41) is 9.43. The van der Waals surface area contributed by atoms with Crippen molar-refractivity contribution in [2.24, 2.45) is 11.7 Å². The Hall–Kier alpha value is -3.33. The van der Waals surface area contributed by atoms with E-state index in [1.807, 2.05) is 68.4 Å². The highest BCUT2D eigenvalue weighted by atomic mass is 32.2. The van der Waals surface area contributed by atoms with Crippen molar-refractivity contribution in [3.63, 3.8) is 0 Å². The van der Waals surface area contributed by atoms with E-state index in [1.165, 1.54) is 17.2 Å². The standard InChI is InChI=1S/C30H35N3O4S/c1-21(2)19-25(24-14-10-13-23(20-24)22-11-4-3-5-12-22)29(35)33-18-9-7-15-26(31)28(34)30(33)38(36,37)27-16-6-8-17-32-27/h3-8,10-17,20-21,25-26,28,30,34H,9,18-19,31H2,1-2H3. The predicted molar refractivity (Wildman–Crippen MR) is 149 cm³/mol. The van der Waals surface area contributed by atoms with Gasteiger partial charge in [-0.3, -0.25) is 4.79 Å². The number of benzene rings is 2. The van der Waals surface area contributed by atoms with E-state index < -0.39 is 33.3 Å². The Morgan fingerprint density at radius 3 is 2.45 bits per heavy atom. The van der Waals surface area contributed by atoms with Crippen LogP contribution in [0, 0.1) is 5.92 Å². The minimum atomic E-state index is -4.24. The maximum absolute atomic E-state index is 14.4. The maximum Gasteiger partial charge on any atom is 0.231 e. The van der Waals surface area contributed by atoms with Gasteiger partial charge in [0.25, 0.3) is 0 Å². The molecule has 1 aliphatic heterocycles. The number of aliphatic hydroxyl groups excluding tert-OH is 1. The number of amides is 1. The molecule has 0 saturated heterocycles. The van der Waals surface area contributed by atoms with Crippen molar-refractivity contribution >= 4 is 15.7 Å². The predicted octanol–water partition coefficient (Wildman–Crippen LogP) is 4.16. The van der Waals surface area contributed by atoms with E-state index in [0.717, 1.165) is 16.7 Å². The van der Waals surface area contributed by atoms with Gasteiger partial charge in [-0.15, -0.1) is 0 Å². The number of nitrogens with zero attached hydrogens (tertiary/aromatic N) is 2. The van der Waals surface area contributed by atoms with Gasteiger partial charge in [0.15, 0.2) is 10.4 Å². The van der Waals surface area contributed by atoms with Gasteiger partial charge in [-0.2, -0.15) is 0 Å². The second kappa shape index (κ2) is 12.0. The molecule has 0 fully saturated rings. The largest absolute Gasteiger partial charge is 0.388 e. The van der Waals surface area contributed by atoms with Crippen molar-refractivity contribution in [3.8, 4) is 11.1 Å². The van der Waals surface area contributed by atoms with Crippen LogP contribution in [0.15, 0.2) is 96.2 Å². The van der Waals surface area contributed by atoms with E-state index in [4.69, 9.17) is 5.73 Å². The number of hydrogen-bond acceptors (Lipinski definition) is 6. The molecule has 1 aliphatic rings. The van der Waals surface area contributed by atoms with Gasteiger partial charge in [0.05, 0.1) is 12.0 Å². The zero-order valence-electron chi connectivity index (χ0n) is 21.7. The lowest BCUT2D eigenvalue weighted by molar-refractivity contribution is -0.136. The molecule has 8 heteroatoms. The average Bonchev–Trinajstić information content (AvgIpc) is 2.92. The van der Waals surface area contributed by atoms with Crippen molar-refractivity contribution in [2.45, 2.75) is 55.2 Å². The normalized spacial score (nSPS) is 21.1. The first-order valence-electron chi connectivity index (χ1n) is 12.9. The van der Waals surface area contributed by atoms with Gasteiger partial charge >= 0.3 is 0 Å². The van der Waals surface area contributed by atoms with E-state index in [2.05, 4.69) is 4.98 Å². The number of carbonyl (C=O) groups is 1. The SMILES string of the molecule is CC(C)CC(C(=O)N1CCC=CC(N)C(O)C1S(=O)(=O)c1ccccn1)c1cccc(-c2ccccc2)c1. The maximum atomic E-state index is 14.4. The minimum absolute atomic E-state index is 0.128. The molecule has 7 nitrogen and oxygen atoms in total. The number of pyridine rings is 1. The fraction of sp³-hybridized carbons (Fsp3) is 0.333. The number of hydrogen-bond donors (Lipinski definition) is 2. The number of nitrogens with two attached hydrogens (primary N) is 1. The third-order valence-electron chi connectivity index (χ3n) is 6.82. The van der Waals surface area contributed by atoms with Gasteiger partial charge in [-0.05, 0) is 47.6 Å². The zero-order valence-corrected chi connectivity index (χ0v) is 22.5. The molecule has 38 heavy (non-hydrogen) atoms. The quantitative estimate of drug-likeness (QED) is 0.441. The lowest BCUT2D eigenvalue weighted by Crippen LogP contribution is -2.58. The summed E-state index contributed by atoms with van der Waals surface area (Å²) in [5.41, 5.74) is 8.97. The first-order valence-corrected chi connectivity index (χ1v) is 14.5. The van der Waals surface area contributed by atoms with Crippen LogP contribution in [-0.4, -0.2) is 53.4 Å². The Morgan fingerprint density at radius 2 is 1.76 bits per heavy atom. The molecule has 0 aliphatic carbocycles. The number of aliphatic hydroxyl groups is 1. The number of rotatable bonds is 7. The number of carbonyl (C=O) groups excluding carboxylic acids is 1. The molecule has 200 valence electrons. The first-order chi connectivity index (χ1) is 18.2. The third-order valence-corrected chi connectivity index (χ3v) is 8.81. The molecule has 0 radical (unpaired) electrons. The van der Waals surface area contributed by atoms with Crippen LogP contribution in [0.2, 0.25) is 0 Å². The summed E-state index contributed by atoms with van der Waals surface area (Å²) < 4.78 is 27.7. The summed E-state index contributed by atoms with van der Waals surface area (Å²) in [7, 11) is -4.24. The lowest BCUT2D eigenvalue weighted by Gasteiger charge is -2.38. The summed E-state index contributed by atoms with van der Waals surface area (Å²) in [5.74, 6) is -0.793. The fourth-order valence-corrected chi connectivity index (χ4v) is 6.74. The van der Waals surface area contributed by atoms with Gasteiger partial charge in [0, 0.05) is 12.7 Å². The van der Waals surface area contributed by atoms with E-state index in [-0.39, 0.29) is 23.4 Å². The van der Waals surface area contributed by atoms with E-state index in [9.17, 15) is 18.3 Å². The van der Waals surface area contributed by atoms with Gasteiger partial charge < -0.3 is 15.7 Å². The number of aromatic nitrogens is 1. The van der Waals surface area contributed by atoms with Crippen molar-refractivity contribution < 1.29 is 18.3 Å². The summed E-state index contributed by atoms with van der Waals surface area (Å²) in [6, 6.07) is 21.3. The molecule has 0 bridgehead atoms. The lowest BCUT2D eigenvalue weighted by atomic mass is 9.87. The summed E-state index contributed by atoms with van der Waals surface area (Å²) >= 11 is 0. The minimum Gasteiger partial charge on any atom is -0.388 e. The fourth-order valence-electron chi connectivity index (χ4n) is 4.92. The highest BCUT2D eigenvalue weighted by molar-refractivity contribution is 7.92. The van der Waals surface area contributed by atoms with Crippen LogP contribution >= 0.6 is 0 Å². The molecule has 4 unspecified atom stereocenters. The van der Waals surface area contributed by atoms with Crippen molar-refractivity contribution in [1.29, 1.82) is 0 Å². The first kappa shape index (κ1) is 27.7. The van der Waals surface area contributed by atoms with Crippen molar-refractivity contribution in [1.82, 2.24) is 9.88 Å². The van der Waals surface area contributed by atoms with Gasteiger partial charge in [-0.25, -0.2) is 13.4 Å². The molecule has 0 spiro atoms. The molecule has 1 amide bonds. The van der Waals surface area contributed by atoms with E-state index >= 15 is 0 Å². The zero-order chi connectivity index (χ0) is 27.3. The van der Waals surface area contributed by atoms with E-state index in [1.54, 1.807) is 24.3 Å². The molecule has 2 aromatic carbocycles. The van der Waals surface area contributed by atoms with Gasteiger partial charge in [0.1, 0.15) is 6.10 Å². The van der Waals surface area contributed by atoms with Crippen LogP contribution in [-0.2, 0) is 14.6 Å². The second-order valence-electron chi connectivity index (χ2n) is 10.1. The third kappa shape index (κ3) is 6.04. The molecule has 3 N–H and O–H groups in total. The van der Waals surface area contributed by atoms with Crippen LogP contribution < -0.4 is 5.73 Å². The summed E-state index contributed by atoms with van der Waals surface area (Å²) in [6.45, 7) is 4.19. The van der Waals surface area contributed by atoms with Gasteiger partial charge in [-0.1, -0.05) is 86.7 Å². The second-order valence-corrected chi connectivity index (χ2v) is 12.1. The molecular weight excluding hydrogens is 498 g/mol. The average molecular weight is 534 g/mol. The Kier molecular flexibility index (Phi) is 8.76. The molecule has 1 aromatic heterocycles. The summed E-state index contributed by atoms with van der Waals surface area (Å²) in [4.78, 5) is 19.7.